The van der Waals surface area contributed by atoms with Gasteiger partial charge < -0.3 is 5.32 Å². The first-order valence-corrected chi connectivity index (χ1v) is 5.48. The number of aryl methyl sites for hydroxylation is 1. The van der Waals surface area contributed by atoms with Crippen LogP contribution in [0.5, 0.6) is 0 Å². The summed E-state index contributed by atoms with van der Waals surface area (Å²) in [6, 6.07) is 3.89. The van der Waals surface area contributed by atoms with Gasteiger partial charge in [-0.15, -0.1) is 0 Å². The number of carbonyl (C=O) groups is 1. The van der Waals surface area contributed by atoms with Gasteiger partial charge in [-0.05, 0) is 24.5 Å². The van der Waals surface area contributed by atoms with E-state index in [2.05, 4.69) is 17.2 Å². The normalized spacial score (nSPS) is 9.93. The van der Waals surface area contributed by atoms with Gasteiger partial charge in [0.05, 0.1) is 0 Å². The van der Waals surface area contributed by atoms with E-state index in [0.717, 1.165) is 31.4 Å². The topological polar surface area (TPSA) is 42.0 Å². The summed E-state index contributed by atoms with van der Waals surface area (Å²) in [4.78, 5) is 15.4. The van der Waals surface area contributed by atoms with Gasteiger partial charge >= 0.3 is 0 Å². The zero-order valence-electron chi connectivity index (χ0n) is 9.20. The molecule has 0 saturated carbocycles. The maximum absolute atomic E-state index is 11.4. The van der Waals surface area contributed by atoms with Gasteiger partial charge in [0.15, 0.2) is 0 Å². The van der Waals surface area contributed by atoms with Crippen LogP contribution in [0.3, 0.4) is 0 Å². The minimum atomic E-state index is 0.132. The summed E-state index contributed by atoms with van der Waals surface area (Å²) in [5.74, 6) is 0.132. The third-order valence-corrected chi connectivity index (χ3v) is 2.22. The van der Waals surface area contributed by atoms with Crippen molar-refractivity contribution in [1.82, 2.24) is 10.3 Å². The number of nitrogens with one attached hydrogen (secondary N) is 1. The third kappa shape index (κ3) is 5.15. The van der Waals surface area contributed by atoms with Gasteiger partial charge in [0.1, 0.15) is 0 Å². The number of nitrogens with zero attached hydrogens (tertiary/aromatic N) is 1. The second-order valence-corrected chi connectivity index (χ2v) is 3.56. The van der Waals surface area contributed by atoms with E-state index in [1.54, 1.807) is 12.4 Å². The van der Waals surface area contributed by atoms with Gasteiger partial charge in [0.2, 0.25) is 5.91 Å². The SMILES string of the molecule is CCCCNC(=O)CCc1cccnc1. The van der Waals surface area contributed by atoms with E-state index in [1.165, 1.54) is 0 Å². The molecule has 82 valence electrons. The molecule has 3 nitrogen and oxygen atoms in total. The maximum atomic E-state index is 11.4. The summed E-state index contributed by atoms with van der Waals surface area (Å²) in [6.45, 7) is 2.91. The average Bonchev–Trinajstić information content (AvgIpc) is 2.28. The monoisotopic (exact) mass is 206 g/mol. The molecule has 0 atom stereocenters. The molecular formula is C12H18N2O. The smallest absolute Gasteiger partial charge is 0.220 e. The van der Waals surface area contributed by atoms with Crippen molar-refractivity contribution in [3.63, 3.8) is 0 Å². The molecule has 0 aliphatic carbocycles. The number of aromatic nitrogens is 1. The van der Waals surface area contributed by atoms with E-state index >= 15 is 0 Å². The van der Waals surface area contributed by atoms with Crippen LogP contribution in [0.2, 0.25) is 0 Å². The van der Waals surface area contributed by atoms with Crippen LogP contribution in [0.4, 0.5) is 0 Å². The molecule has 0 radical (unpaired) electrons. The number of hydrogen-bond donors (Lipinski definition) is 1. The maximum Gasteiger partial charge on any atom is 0.220 e. The Kier molecular flexibility index (Phi) is 5.44. The Bertz CT molecular complexity index is 285. The van der Waals surface area contributed by atoms with Crippen molar-refractivity contribution in [2.75, 3.05) is 6.54 Å². The van der Waals surface area contributed by atoms with Crippen molar-refractivity contribution >= 4 is 5.91 Å². The Morgan fingerprint density at radius 3 is 3.07 bits per heavy atom. The Morgan fingerprint density at radius 1 is 1.53 bits per heavy atom. The van der Waals surface area contributed by atoms with E-state index in [0.29, 0.717) is 6.42 Å². The van der Waals surface area contributed by atoms with Gasteiger partial charge in [-0.25, -0.2) is 0 Å². The molecule has 0 fully saturated rings. The van der Waals surface area contributed by atoms with Crippen LogP contribution in [0.1, 0.15) is 31.7 Å². The molecule has 0 aliphatic rings. The fourth-order valence-electron chi connectivity index (χ4n) is 1.30. The molecule has 1 amide bonds. The summed E-state index contributed by atoms with van der Waals surface area (Å²) in [5, 5.41) is 2.89. The molecule has 1 rings (SSSR count). The van der Waals surface area contributed by atoms with Crippen molar-refractivity contribution in [1.29, 1.82) is 0 Å². The highest BCUT2D eigenvalue weighted by Gasteiger charge is 2.00. The van der Waals surface area contributed by atoms with Crippen LogP contribution in [0, 0.1) is 0 Å². The highest BCUT2D eigenvalue weighted by Crippen LogP contribution is 1.99. The fourth-order valence-corrected chi connectivity index (χ4v) is 1.30. The molecule has 1 aromatic rings. The molecule has 1 aromatic heterocycles. The minimum Gasteiger partial charge on any atom is -0.356 e. The van der Waals surface area contributed by atoms with Crippen LogP contribution in [-0.2, 0) is 11.2 Å². The van der Waals surface area contributed by atoms with Crippen LogP contribution < -0.4 is 5.32 Å². The highest BCUT2D eigenvalue weighted by atomic mass is 16.1. The van der Waals surface area contributed by atoms with E-state index in [4.69, 9.17) is 0 Å². The van der Waals surface area contributed by atoms with Crippen LogP contribution in [0.15, 0.2) is 24.5 Å². The summed E-state index contributed by atoms with van der Waals surface area (Å²) in [5.41, 5.74) is 1.11. The summed E-state index contributed by atoms with van der Waals surface area (Å²) in [6.07, 6.45) is 7.03. The lowest BCUT2D eigenvalue weighted by atomic mass is 10.1. The van der Waals surface area contributed by atoms with E-state index < -0.39 is 0 Å². The molecule has 1 heterocycles. The molecule has 0 aliphatic heterocycles. The number of unbranched alkanes of at least 4 members (excludes halogenated alkanes) is 1. The molecular weight excluding hydrogens is 188 g/mol. The number of carbonyl (C=O) groups excluding carboxylic acids is 1. The fraction of sp³-hybridized carbons (Fsp3) is 0.500. The summed E-state index contributed by atoms with van der Waals surface area (Å²) in [7, 11) is 0. The standard InChI is InChI=1S/C12H18N2O/c1-2-3-9-14-12(15)7-6-11-5-4-8-13-10-11/h4-5,8,10H,2-3,6-7,9H2,1H3,(H,14,15). The van der Waals surface area contributed by atoms with Crippen molar-refractivity contribution in [3.05, 3.63) is 30.1 Å². The molecule has 15 heavy (non-hydrogen) atoms. The van der Waals surface area contributed by atoms with Gasteiger partial charge in [-0.3, -0.25) is 9.78 Å². The molecule has 0 bridgehead atoms. The molecule has 1 N–H and O–H groups in total. The molecule has 3 heteroatoms. The van der Waals surface area contributed by atoms with Crippen molar-refractivity contribution in [2.24, 2.45) is 0 Å². The van der Waals surface area contributed by atoms with Crippen LogP contribution >= 0.6 is 0 Å². The highest BCUT2D eigenvalue weighted by molar-refractivity contribution is 5.76. The molecule has 0 unspecified atom stereocenters. The Hall–Kier alpha value is -1.38. The Balaban J connectivity index is 2.17. The van der Waals surface area contributed by atoms with Crippen molar-refractivity contribution < 1.29 is 4.79 Å². The second-order valence-electron chi connectivity index (χ2n) is 3.56. The van der Waals surface area contributed by atoms with Gasteiger partial charge in [0, 0.05) is 25.4 Å². The quantitative estimate of drug-likeness (QED) is 0.723. The lowest BCUT2D eigenvalue weighted by Crippen LogP contribution is -2.24. The largest absolute Gasteiger partial charge is 0.356 e. The summed E-state index contributed by atoms with van der Waals surface area (Å²) >= 11 is 0. The van der Waals surface area contributed by atoms with Gasteiger partial charge in [-0.2, -0.15) is 0 Å². The predicted molar refractivity (Wildman–Crippen MR) is 60.5 cm³/mol. The lowest BCUT2D eigenvalue weighted by Gasteiger charge is -2.03. The van der Waals surface area contributed by atoms with Gasteiger partial charge in [-0.1, -0.05) is 19.4 Å². The summed E-state index contributed by atoms with van der Waals surface area (Å²) < 4.78 is 0. The van der Waals surface area contributed by atoms with E-state index in [1.807, 2.05) is 12.1 Å². The lowest BCUT2D eigenvalue weighted by molar-refractivity contribution is -0.121. The van der Waals surface area contributed by atoms with Crippen molar-refractivity contribution in [2.45, 2.75) is 32.6 Å². The molecule has 0 aromatic carbocycles. The first-order valence-electron chi connectivity index (χ1n) is 5.48. The number of hydrogen-bond acceptors (Lipinski definition) is 2. The van der Waals surface area contributed by atoms with Gasteiger partial charge in [0.25, 0.3) is 0 Å². The number of amides is 1. The van der Waals surface area contributed by atoms with E-state index in [9.17, 15) is 4.79 Å². The minimum absolute atomic E-state index is 0.132. The Morgan fingerprint density at radius 2 is 2.40 bits per heavy atom. The molecule has 0 spiro atoms. The van der Waals surface area contributed by atoms with Crippen LogP contribution in [0.25, 0.3) is 0 Å². The predicted octanol–water partition coefficient (Wildman–Crippen LogP) is 1.93. The van der Waals surface area contributed by atoms with Crippen LogP contribution in [-0.4, -0.2) is 17.4 Å². The number of rotatable bonds is 6. The first kappa shape index (κ1) is 11.7. The zero-order valence-corrected chi connectivity index (χ0v) is 9.20. The number of pyridine rings is 1. The zero-order chi connectivity index (χ0) is 10.9. The Labute approximate surface area is 90.9 Å². The third-order valence-electron chi connectivity index (χ3n) is 2.22. The van der Waals surface area contributed by atoms with E-state index in [-0.39, 0.29) is 5.91 Å². The first-order chi connectivity index (χ1) is 7.33. The average molecular weight is 206 g/mol. The van der Waals surface area contributed by atoms with Crippen molar-refractivity contribution in [3.8, 4) is 0 Å². The second kappa shape index (κ2) is 6.98. The molecule has 0 saturated heterocycles.